The zero-order valence-corrected chi connectivity index (χ0v) is 20.1. The van der Waals surface area contributed by atoms with Gasteiger partial charge in [-0.1, -0.05) is 50.3 Å². The molecule has 0 radical (unpaired) electrons. The van der Waals surface area contributed by atoms with Crippen molar-refractivity contribution in [2.75, 3.05) is 19.5 Å². The Morgan fingerprint density at radius 2 is 1.88 bits per heavy atom. The number of aromatic nitrogens is 1. The molecule has 9 nitrogen and oxygen atoms in total. The number of hydrazine groups is 1. The van der Waals surface area contributed by atoms with Crippen LogP contribution in [0.2, 0.25) is 0 Å². The number of nitrogens with zero attached hydrogens (tertiary/aromatic N) is 2. The maximum Gasteiger partial charge on any atom is 0.270 e. The Kier molecular flexibility index (Phi) is 8.92. The van der Waals surface area contributed by atoms with Crippen LogP contribution in [-0.2, 0) is 14.4 Å². The number of carbonyl (C=O) groups excluding carboxylic acids is 4. The first-order valence-electron chi connectivity index (χ1n) is 11.6. The molecule has 0 bridgehead atoms. The van der Waals surface area contributed by atoms with Crippen molar-refractivity contribution in [2.24, 2.45) is 11.7 Å². The minimum atomic E-state index is -0.804. The van der Waals surface area contributed by atoms with Gasteiger partial charge >= 0.3 is 0 Å². The van der Waals surface area contributed by atoms with E-state index in [2.05, 4.69) is 10.4 Å². The fourth-order valence-electron chi connectivity index (χ4n) is 4.44. The molecule has 0 saturated heterocycles. The van der Waals surface area contributed by atoms with Gasteiger partial charge < -0.3 is 15.6 Å². The molecule has 1 heterocycles. The van der Waals surface area contributed by atoms with Gasteiger partial charge in [0.25, 0.3) is 17.7 Å². The zero-order chi connectivity index (χ0) is 24.7. The van der Waals surface area contributed by atoms with Crippen LogP contribution in [0.25, 0.3) is 10.9 Å². The van der Waals surface area contributed by atoms with Gasteiger partial charge in [-0.25, -0.2) is 0 Å². The van der Waals surface area contributed by atoms with Crippen LogP contribution in [0.5, 0.6) is 0 Å². The summed E-state index contributed by atoms with van der Waals surface area (Å²) >= 11 is 5.69. The van der Waals surface area contributed by atoms with E-state index in [0.29, 0.717) is 18.0 Å². The Bertz CT molecular complexity index is 1000. The first-order valence-corrected chi connectivity index (χ1v) is 12.1. The Labute approximate surface area is 203 Å². The lowest BCUT2D eigenvalue weighted by molar-refractivity contribution is -0.142. The predicted octanol–water partition coefficient (Wildman–Crippen LogP) is 2.55. The van der Waals surface area contributed by atoms with Gasteiger partial charge in [0, 0.05) is 24.4 Å². The first kappa shape index (κ1) is 25.6. The number of rotatable bonds is 9. The summed E-state index contributed by atoms with van der Waals surface area (Å²) in [6.45, 7) is -0.0948. The third-order valence-electron chi connectivity index (χ3n) is 6.37. The van der Waals surface area contributed by atoms with E-state index >= 15 is 0 Å². The number of H-pyrrole nitrogens is 1. The second-order valence-electron chi connectivity index (χ2n) is 8.81. The van der Waals surface area contributed by atoms with Crippen LogP contribution < -0.4 is 11.2 Å². The number of carbonyl (C=O) groups is 4. The molecule has 1 atom stereocenters. The number of nitrogens with one attached hydrogen (secondary N) is 2. The highest BCUT2D eigenvalue weighted by molar-refractivity contribution is 6.27. The Morgan fingerprint density at radius 1 is 1.18 bits per heavy atom. The van der Waals surface area contributed by atoms with Gasteiger partial charge in [0.05, 0.1) is 6.54 Å². The third kappa shape index (κ3) is 6.50. The normalized spacial score (nSPS) is 15.0. The third-order valence-corrected chi connectivity index (χ3v) is 6.60. The van der Waals surface area contributed by atoms with Crippen molar-refractivity contribution >= 4 is 46.1 Å². The Hall–Kier alpha value is -3.07. The Balaban J connectivity index is 1.81. The van der Waals surface area contributed by atoms with Crippen LogP contribution in [0.15, 0.2) is 30.3 Å². The van der Waals surface area contributed by atoms with Crippen molar-refractivity contribution in [1.29, 1.82) is 0 Å². The van der Waals surface area contributed by atoms with Crippen LogP contribution in [0.4, 0.5) is 0 Å². The molecule has 1 fully saturated rings. The average molecular weight is 490 g/mol. The second kappa shape index (κ2) is 11.9. The lowest BCUT2D eigenvalue weighted by atomic mass is 9.84. The number of amides is 4. The summed E-state index contributed by atoms with van der Waals surface area (Å²) in [5.74, 6) is -2.05. The fourth-order valence-corrected chi connectivity index (χ4v) is 4.59. The molecule has 1 aliphatic rings. The maximum atomic E-state index is 13.4. The number of halogens is 1. The van der Waals surface area contributed by atoms with Crippen LogP contribution in [0, 0.1) is 5.92 Å². The number of aromatic amines is 1. The predicted molar refractivity (Wildman–Crippen MR) is 130 cm³/mol. The monoisotopic (exact) mass is 489 g/mol. The molecule has 4 N–H and O–H groups in total. The number of hydrogen-bond acceptors (Lipinski definition) is 4. The summed E-state index contributed by atoms with van der Waals surface area (Å²) in [7, 11) is 1.60. The van der Waals surface area contributed by atoms with Gasteiger partial charge in [-0.05, 0) is 24.5 Å². The van der Waals surface area contributed by atoms with Crippen LogP contribution in [-0.4, -0.2) is 64.0 Å². The molecule has 34 heavy (non-hydrogen) atoms. The van der Waals surface area contributed by atoms with Gasteiger partial charge in [-0.3, -0.25) is 29.6 Å². The molecule has 184 valence electrons. The molecule has 1 aromatic carbocycles. The summed E-state index contributed by atoms with van der Waals surface area (Å²) in [5, 5.41) is 1.91. The zero-order valence-electron chi connectivity index (χ0n) is 19.4. The standard InChI is InChI=1S/C24H32ClN5O4/c1-29(24(34)19-14-17-9-5-6-10-18(17)27-19)20(13-16-7-3-2-4-8-16)23(33)28-30(22(32)15-25)12-11-21(26)31/h5-6,9-10,14,16,20,27H,2-4,7-8,11-13,15H2,1H3,(H2,26,31)(H,28,33). The summed E-state index contributed by atoms with van der Waals surface area (Å²) in [5.41, 5.74) is 8.99. The molecule has 1 saturated carbocycles. The van der Waals surface area contributed by atoms with E-state index in [1.807, 2.05) is 24.3 Å². The van der Waals surface area contributed by atoms with Crippen LogP contribution in [0.3, 0.4) is 0 Å². The molecular weight excluding hydrogens is 458 g/mol. The molecule has 4 amide bonds. The summed E-state index contributed by atoms with van der Waals surface area (Å²) in [4.78, 5) is 54.7. The lowest BCUT2D eigenvalue weighted by Gasteiger charge is -2.33. The van der Waals surface area contributed by atoms with Gasteiger partial charge in [-0.2, -0.15) is 0 Å². The van der Waals surface area contributed by atoms with Gasteiger partial charge in [0.2, 0.25) is 5.91 Å². The van der Waals surface area contributed by atoms with Crippen molar-refractivity contribution in [3.05, 3.63) is 36.0 Å². The smallest absolute Gasteiger partial charge is 0.270 e. The van der Waals surface area contributed by atoms with E-state index in [-0.39, 0.29) is 24.8 Å². The molecular formula is C24H32ClN5O4. The molecule has 10 heteroatoms. The number of alkyl halides is 1. The summed E-state index contributed by atoms with van der Waals surface area (Å²) in [6, 6.07) is 8.52. The van der Waals surface area contributed by atoms with E-state index in [1.165, 1.54) is 11.3 Å². The van der Waals surface area contributed by atoms with Gasteiger partial charge in [-0.15, -0.1) is 11.6 Å². The van der Waals surface area contributed by atoms with E-state index in [4.69, 9.17) is 17.3 Å². The van der Waals surface area contributed by atoms with E-state index in [0.717, 1.165) is 41.6 Å². The second-order valence-corrected chi connectivity index (χ2v) is 9.08. The fraction of sp³-hybridized carbons (Fsp3) is 0.500. The number of para-hydroxylation sites is 1. The van der Waals surface area contributed by atoms with E-state index in [1.54, 1.807) is 13.1 Å². The highest BCUT2D eigenvalue weighted by Crippen LogP contribution is 2.29. The lowest BCUT2D eigenvalue weighted by Crippen LogP contribution is -2.55. The largest absolute Gasteiger partial charge is 0.370 e. The molecule has 1 aromatic heterocycles. The topological polar surface area (TPSA) is 129 Å². The maximum absolute atomic E-state index is 13.4. The molecule has 2 aromatic rings. The molecule has 1 aliphatic carbocycles. The first-order chi connectivity index (χ1) is 16.3. The minimum absolute atomic E-state index is 0.0948. The Morgan fingerprint density at radius 3 is 2.53 bits per heavy atom. The van der Waals surface area contributed by atoms with Crippen molar-refractivity contribution in [3.63, 3.8) is 0 Å². The number of primary amides is 1. The quantitative estimate of drug-likeness (QED) is 0.369. The number of likely N-dealkylation sites (N-methyl/N-ethyl adjacent to an activating group) is 1. The summed E-state index contributed by atoms with van der Waals surface area (Å²) in [6.07, 6.45) is 5.69. The number of hydrogen-bond donors (Lipinski definition) is 3. The van der Waals surface area contributed by atoms with Crippen molar-refractivity contribution in [2.45, 2.75) is 51.0 Å². The molecule has 0 spiro atoms. The number of benzene rings is 1. The highest BCUT2D eigenvalue weighted by Gasteiger charge is 2.33. The van der Waals surface area contributed by atoms with Crippen molar-refractivity contribution in [3.8, 4) is 0 Å². The van der Waals surface area contributed by atoms with Crippen LogP contribution >= 0.6 is 11.6 Å². The average Bonchev–Trinajstić information content (AvgIpc) is 3.28. The highest BCUT2D eigenvalue weighted by atomic mass is 35.5. The van der Waals surface area contributed by atoms with E-state index in [9.17, 15) is 19.2 Å². The van der Waals surface area contributed by atoms with E-state index < -0.39 is 23.8 Å². The number of nitrogens with two attached hydrogens (primary N) is 1. The number of fused-ring (bicyclic) bond motifs is 1. The summed E-state index contributed by atoms with van der Waals surface area (Å²) < 4.78 is 0. The molecule has 1 unspecified atom stereocenters. The molecule has 3 rings (SSSR count). The SMILES string of the molecule is CN(C(=O)c1cc2ccccc2[nH]1)C(CC1CCCCC1)C(=O)NN(CCC(N)=O)C(=O)CCl. The van der Waals surface area contributed by atoms with Crippen molar-refractivity contribution < 1.29 is 19.2 Å². The van der Waals surface area contributed by atoms with Crippen LogP contribution in [0.1, 0.15) is 55.4 Å². The van der Waals surface area contributed by atoms with Gasteiger partial charge in [0.15, 0.2) is 0 Å². The van der Waals surface area contributed by atoms with Crippen molar-refractivity contribution in [1.82, 2.24) is 20.3 Å². The van der Waals surface area contributed by atoms with Gasteiger partial charge in [0.1, 0.15) is 17.6 Å². The molecule has 0 aliphatic heterocycles. The minimum Gasteiger partial charge on any atom is -0.370 e.